The number of nitrogens with zero attached hydrogens (tertiary/aromatic N) is 2. The molecule has 0 bridgehead atoms. The third-order valence-corrected chi connectivity index (χ3v) is 1.97. The van der Waals surface area contributed by atoms with Gasteiger partial charge in [-0.1, -0.05) is 0 Å². The predicted octanol–water partition coefficient (Wildman–Crippen LogP) is 2.34. The molecule has 0 fully saturated rings. The van der Waals surface area contributed by atoms with Crippen LogP contribution in [0.25, 0.3) is 11.5 Å². The second-order valence-electron chi connectivity index (χ2n) is 2.23. The average molecular weight is 272 g/mol. The second kappa shape index (κ2) is 3.22. The van der Waals surface area contributed by atoms with Crippen molar-refractivity contribution in [2.75, 3.05) is 0 Å². The Bertz CT molecular complexity index is 372. The zero-order valence-electron chi connectivity index (χ0n) is 6.07. The maximum Gasteiger partial charge on any atom is 0.227 e. The standard InChI is InChI=1S/C8H5IN2O/c9-7-3-6(4-10-5-7)8-11-1-2-12-8/h1-5H. The maximum atomic E-state index is 5.12. The first-order valence-corrected chi connectivity index (χ1v) is 4.44. The Morgan fingerprint density at radius 1 is 1.33 bits per heavy atom. The summed E-state index contributed by atoms with van der Waals surface area (Å²) in [6, 6.07) is 1.97. The van der Waals surface area contributed by atoms with Crippen molar-refractivity contribution in [3.8, 4) is 11.5 Å². The normalized spacial score (nSPS) is 10.1. The fourth-order valence-electron chi connectivity index (χ4n) is 0.895. The highest BCUT2D eigenvalue weighted by molar-refractivity contribution is 14.1. The predicted molar refractivity (Wildman–Crippen MR) is 52.5 cm³/mol. The number of halogens is 1. The lowest BCUT2D eigenvalue weighted by Crippen LogP contribution is -1.80. The van der Waals surface area contributed by atoms with E-state index in [1.54, 1.807) is 24.9 Å². The van der Waals surface area contributed by atoms with Crippen LogP contribution >= 0.6 is 22.6 Å². The number of rotatable bonds is 1. The molecule has 2 aromatic heterocycles. The number of hydrogen-bond donors (Lipinski definition) is 0. The molecule has 0 saturated heterocycles. The van der Waals surface area contributed by atoms with Gasteiger partial charge in [-0.05, 0) is 28.7 Å². The Labute approximate surface area is 83.0 Å². The van der Waals surface area contributed by atoms with E-state index in [0.717, 1.165) is 9.13 Å². The number of oxazole rings is 1. The van der Waals surface area contributed by atoms with Crippen LogP contribution in [0.3, 0.4) is 0 Å². The summed E-state index contributed by atoms with van der Waals surface area (Å²) in [4.78, 5) is 8.05. The summed E-state index contributed by atoms with van der Waals surface area (Å²) in [5, 5.41) is 0. The Morgan fingerprint density at radius 3 is 2.92 bits per heavy atom. The molecule has 2 aromatic rings. The Balaban J connectivity index is 2.48. The molecule has 0 aliphatic heterocycles. The van der Waals surface area contributed by atoms with E-state index in [1.165, 1.54) is 0 Å². The van der Waals surface area contributed by atoms with Gasteiger partial charge < -0.3 is 4.42 Å². The third-order valence-electron chi connectivity index (χ3n) is 1.38. The molecule has 0 aliphatic rings. The first-order chi connectivity index (χ1) is 5.86. The van der Waals surface area contributed by atoms with Crippen LogP contribution in [0.5, 0.6) is 0 Å². The van der Waals surface area contributed by atoms with Crippen LogP contribution < -0.4 is 0 Å². The Hall–Kier alpha value is -0.910. The highest BCUT2D eigenvalue weighted by Gasteiger charge is 2.01. The molecular weight excluding hydrogens is 267 g/mol. The van der Waals surface area contributed by atoms with Crippen LogP contribution in [-0.4, -0.2) is 9.97 Å². The van der Waals surface area contributed by atoms with Gasteiger partial charge in [0.25, 0.3) is 0 Å². The topological polar surface area (TPSA) is 38.9 Å². The van der Waals surface area contributed by atoms with Gasteiger partial charge in [-0.2, -0.15) is 0 Å². The molecule has 2 heterocycles. The first-order valence-electron chi connectivity index (χ1n) is 3.37. The van der Waals surface area contributed by atoms with E-state index in [-0.39, 0.29) is 0 Å². The minimum Gasteiger partial charge on any atom is -0.444 e. The van der Waals surface area contributed by atoms with Crippen LogP contribution in [0, 0.1) is 3.57 Å². The van der Waals surface area contributed by atoms with Gasteiger partial charge in [0.2, 0.25) is 5.89 Å². The zero-order valence-corrected chi connectivity index (χ0v) is 8.22. The molecule has 0 unspecified atom stereocenters. The van der Waals surface area contributed by atoms with Gasteiger partial charge in [0, 0.05) is 16.0 Å². The molecule has 60 valence electrons. The quantitative estimate of drug-likeness (QED) is 0.748. The van der Waals surface area contributed by atoms with Crippen molar-refractivity contribution in [1.82, 2.24) is 9.97 Å². The zero-order chi connectivity index (χ0) is 8.39. The average Bonchev–Trinajstić information content (AvgIpc) is 2.56. The summed E-state index contributed by atoms with van der Waals surface area (Å²) < 4.78 is 6.19. The minimum atomic E-state index is 0.612. The summed E-state index contributed by atoms with van der Waals surface area (Å²) in [6.07, 6.45) is 6.69. The van der Waals surface area contributed by atoms with E-state index in [1.807, 2.05) is 6.07 Å². The van der Waals surface area contributed by atoms with Crippen LogP contribution in [0.4, 0.5) is 0 Å². The fourth-order valence-corrected chi connectivity index (χ4v) is 1.39. The number of hydrogen-bond acceptors (Lipinski definition) is 3. The fraction of sp³-hybridized carbons (Fsp3) is 0. The van der Waals surface area contributed by atoms with Crippen molar-refractivity contribution in [3.63, 3.8) is 0 Å². The molecule has 0 aliphatic carbocycles. The molecule has 12 heavy (non-hydrogen) atoms. The lowest BCUT2D eigenvalue weighted by molar-refractivity contribution is 0.574. The summed E-state index contributed by atoms with van der Waals surface area (Å²) >= 11 is 2.20. The van der Waals surface area contributed by atoms with Gasteiger partial charge in [0.1, 0.15) is 6.26 Å². The van der Waals surface area contributed by atoms with Crippen LogP contribution in [-0.2, 0) is 0 Å². The summed E-state index contributed by atoms with van der Waals surface area (Å²) in [6.45, 7) is 0. The molecule has 0 atom stereocenters. The molecule has 0 N–H and O–H groups in total. The lowest BCUT2D eigenvalue weighted by Gasteiger charge is -1.93. The first kappa shape index (κ1) is 7.72. The van der Waals surface area contributed by atoms with E-state index in [2.05, 4.69) is 32.6 Å². The Morgan fingerprint density at radius 2 is 2.25 bits per heavy atom. The monoisotopic (exact) mass is 272 g/mol. The van der Waals surface area contributed by atoms with E-state index in [4.69, 9.17) is 4.42 Å². The maximum absolute atomic E-state index is 5.12. The molecule has 0 spiro atoms. The van der Waals surface area contributed by atoms with Gasteiger partial charge in [0.15, 0.2) is 0 Å². The molecule has 0 radical (unpaired) electrons. The van der Waals surface area contributed by atoms with Gasteiger partial charge in [0.05, 0.1) is 11.8 Å². The summed E-state index contributed by atoms with van der Waals surface area (Å²) in [5.41, 5.74) is 0.909. The van der Waals surface area contributed by atoms with Crippen molar-refractivity contribution in [3.05, 3.63) is 34.5 Å². The highest BCUT2D eigenvalue weighted by atomic mass is 127. The van der Waals surface area contributed by atoms with Gasteiger partial charge in [-0.3, -0.25) is 4.98 Å². The molecule has 2 rings (SSSR count). The highest BCUT2D eigenvalue weighted by Crippen LogP contribution is 2.17. The van der Waals surface area contributed by atoms with E-state index < -0.39 is 0 Å². The van der Waals surface area contributed by atoms with E-state index in [0.29, 0.717) is 5.89 Å². The third kappa shape index (κ3) is 1.47. The molecule has 4 heteroatoms. The smallest absolute Gasteiger partial charge is 0.227 e. The molecule has 0 saturated carbocycles. The van der Waals surface area contributed by atoms with Crippen LogP contribution in [0.15, 0.2) is 35.3 Å². The van der Waals surface area contributed by atoms with Crippen molar-refractivity contribution in [1.29, 1.82) is 0 Å². The largest absolute Gasteiger partial charge is 0.444 e. The summed E-state index contributed by atoms with van der Waals surface area (Å²) in [5.74, 6) is 0.612. The molecular formula is C8H5IN2O. The van der Waals surface area contributed by atoms with Crippen molar-refractivity contribution < 1.29 is 4.42 Å². The van der Waals surface area contributed by atoms with Crippen LogP contribution in [0.2, 0.25) is 0 Å². The van der Waals surface area contributed by atoms with Gasteiger partial charge >= 0.3 is 0 Å². The van der Waals surface area contributed by atoms with E-state index >= 15 is 0 Å². The van der Waals surface area contributed by atoms with Crippen molar-refractivity contribution in [2.24, 2.45) is 0 Å². The second-order valence-corrected chi connectivity index (χ2v) is 3.47. The van der Waals surface area contributed by atoms with E-state index in [9.17, 15) is 0 Å². The SMILES string of the molecule is Ic1cncc(-c2ncco2)c1. The number of aromatic nitrogens is 2. The molecule has 0 aromatic carbocycles. The molecule has 3 nitrogen and oxygen atoms in total. The van der Waals surface area contributed by atoms with Gasteiger partial charge in [-0.25, -0.2) is 4.98 Å². The van der Waals surface area contributed by atoms with Crippen molar-refractivity contribution >= 4 is 22.6 Å². The minimum absolute atomic E-state index is 0.612. The number of pyridine rings is 1. The van der Waals surface area contributed by atoms with Gasteiger partial charge in [-0.15, -0.1) is 0 Å². The van der Waals surface area contributed by atoms with Crippen LogP contribution in [0.1, 0.15) is 0 Å². The lowest BCUT2D eigenvalue weighted by atomic mass is 10.3. The van der Waals surface area contributed by atoms with Crippen molar-refractivity contribution in [2.45, 2.75) is 0 Å². The Kier molecular flexibility index (Phi) is 2.07. The summed E-state index contributed by atoms with van der Waals surface area (Å²) in [7, 11) is 0. The molecule has 0 amide bonds.